The quantitative estimate of drug-likeness (QED) is 0.547. The van der Waals surface area contributed by atoms with E-state index >= 15 is 0 Å². The van der Waals surface area contributed by atoms with Crippen LogP contribution in [0, 0.1) is 30.1 Å². The van der Waals surface area contributed by atoms with E-state index in [4.69, 9.17) is 16.3 Å². The molecular formula is C26H35ClN2O3. The van der Waals surface area contributed by atoms with Crippen LogP contribution in [0.25, 0.3) is 0 Å². The highest BCUT2D eigenvalue weighted by molar-refractivity contribution is 6.30. The molecule has 1 N–H and O–H groups in total. The molecule has 6 atom stereocenters. The summed E-state index contributed by atoms with van der Waals surface area (Å²) in [6.45, 7) is 10.8. The number of aliphatic hydroxyl groups is 1. The van der Waals surface area contributed by atoms with Gasteiger partial charge >= 0.3 is 5.97 Å². The molecule has 2 saturated heterocycles. The van der Waals surface area contributed by atoms with Crippen molar-refractivity contribution < 1.29 is 14.6 Å². The van der Waals surface area contributed by atoms with Crippen LogP contribution >= 0.6 is 11.6 Å². The van der Waals surface area contributed by atoms with E-state index in [1.807, 2.05) is 12.1 Å². The Morgan fingerprint density at radius 3 is 2.75 bits per heavy atom. The van der Waals surface area contributed by atoms with E-state index in [0.29, 0.717) is 12.5 Å². The standard InChI is InChI=1S/C26H35ClN2O3/c1-16-7-8-19(27)14-21(16)29-11-9-28(10-12-29)15-20-23-22(32-25(20)31)13-18-6-4-5-17(2)26(18,3)24(23)30/h6-8,14,17,20,22-24,30H,4-5,9-13,15H2,1-3H3/t17-,20-,22+,23+,24-,26+/m0/s1. The number of esters is 1. The lowest BCUT2D eigenvalue weighted by Gasteiger charge is -2.52. The largest absolute Gasteiger partial charge is 0.461 e. The topological polar surface area (TPSA) is 53.0 Å². The van der Waals surface area contributed by atoms with Gasteiger partial charge in [-0.15, -0.1) is 0 Å². The number of nitrogens with zero attached hydrogens (tertiary/aromatic N) is 2. The summed E-state index contributed by atoms with van der Waals surface area (Å²) in [4.78, 5) is 17.7. The molecular weight excluding hydrogens is 424 g/mol. The van der Waals surface area contributed by atoms with Crippen molar-refractivity contribution in [2.24, 2.45) is 23.2 Å². The average molecular weight is 459 g/mol. The van der Waals surface area contributed by atoms with Crippen molar-refractivity contribution in [2.75, 3.05) is 37.6 Å². The fourth-order valence-electron chi connectivity index (χ4n) is 6.65. The Morgan fingerprint density at radius 1 is 1.25 bits per heavy atom. The van der Waals surface area contributed by atoms with E-state index in [9.17, 15) is 9.90 Å². The molecule has 1 aromatic rings. The van der Waals surface area contributed by atoms with Crippen molar-refractivity contribution in [2.45, 2.75) is 52.2 Å². The summed E-state index contributed by atoms with van der Waals surface area (Å²) in [5, 5.41) is 12.3. The number of carbonyl (C=O) groups excluding carboxylic acids is 1. The van der Waals surface area contributed by atoms with Gasteiger partial charge in [-0.3, -0.25) is 9.69 Å². The molecule has 0 aromatic heterocycles. The fourth-order valence-corrected chi connectivity index (χ4v) is 6.81. The highest BCUT2D eigenvalue weighted by Crippen LogP contribution is 2.56. The molecule has 0 amide bonds. The molecule has 1 aromatic carbocycles. The lowest BCUT2D eigenvalue weighted by molar-refractivity contribution is -0.145. The summed E-state index contributed by atoms with van der Waals surface area (Å²) in [6.07, 6.45) is 4.52. The summed E-state index contributed by atoms with van der Waals surface area (Å²) in [5.41, 5.74) is 3.48. The number of ether oxygens (including phenoxy) is 1. The van der Waals surface area contributed by atoms with Gasteiger partial charge in [0.15, 0.2) is 0 Å². The van der Waals surface area contributed by atoms with Crippen LogP contribution < -0.4 is 4.90 Å². The van der Waals surface area contributed by atoms with Crippen LogP contribution in [-0.2, 0) is 9.53 Å². The maximum atomic E-state index is 12.9. The van der Waals surface area contributed by atoms with Gasteiger partial charge < -0.3 is 14.7 Å². The highest BCUT2D eigenvalue weighted by Gasteiger charge is 2.59. The van der Waals surface area contributed by atoms with Crippen LogP contribution in [0.4, 0.5) is 5.69 Å². The molecule has 32 heavy (non-hydrogen) atoms. The summed E-state index contributed by atoms with van der Waals surface area (Å²) in [7, 11) is 0. The Morgan fingerprint density at radius 2 is 2.00 bits per heavy atom. The van der Waals surface area contributed by atoms with Gasteiger partial charge in [0, 0.05) is 61.2 Å². The molecule has 174 valence electrons. The molecule has 5 nitrogen and oxygen atoms in total. The average Bonchev–Trinajstić information content (AvgIpc) is 3.08. The first kappa shape index (κ1) is 22.2. The number of fused-ring (bicyclic) bond motifs is 2. The molecule has 3 fully saturated rings. The van der Waals surface area contributed by atoms with E-state index in [2.05, 4.69) is 42.7 Å². The van der Waals surface area contributed by atoms with Crippen LogP contribution in [0.1, 0.15) is 38.7 Å². The Hall–Kier alpha value is -1.56. The number of rotatable bonds is 3. The SMILES string of the molecule is Cc1ccc(Cl)cc1N1CCN(C[C@@H]2C(=O)O[C@@H]3CC4=CCC[C@H](C)[C@@]4(C)[C@@H](O)[C@H]23)CC1. The summed E-state index contributed by atoms with van der Waals surface area (Å²) in [5.74, 6) is -0.0673. The van der Waals surface area contributed by atoms with Crippen LogP contribution in [0.2, 0.25) is 5.02 Å². The molecule has 6 heteroatoms. The Bertz CT molecular complexity index is 926. The van der Waals surface area contributed by atoms with Crippen molar-refractivity contribution >= 4 is 23.3 Å². The fraction of sp³-hybridized carbons (Fsp3) is 0.654. The number of piperazine rings is 1. The first-order chi connectivity index (χ1) is 15.3. The number of benzene rings is 1. The van der Waals surface area contributed by atoms with Crippen molar-refractivity contribution in [3.8, 4) is 0 Å². The van der Waals surface area contributed by atoms with Crippen LogP contribution in [-0.4, -0.2) is 60.9 Å². The monoisotopic (exact) mass is 458 g/mol. The van der Waals surface area contributed by atoms with E-state index in [1.54, 1.807) is 0 Å². The third-order valence-corrected chi connectivity index (χ3v) is 9.14. The molecule has 0 bridgehead atoms. The first-order valence-electron chi connectivity index (χ1n) is 12.1. The van der Waals surface area contributed by atoms with Crippen molar-refractivity contribution in [3.05, 3.63) is 40.4 Å². The number of hydrogen-bond acceptors (Lipinski definition) is 5. The van der Waals surface area contributed by atoms with Crippen LogP contribution in [0.15, 0.2) is 29.8 Å². The zero-order chi connectivity index (χ0) is 22.6. The number of hydrogen-bond donors (Lipinski definition) is 1. The maximum Gasteiger partial charge on any atom is 0.311 e. The first-order valence-corrected chi connectivity index (χ1v) is 12.5. The molecule has 0 unspecified atom stereocenters. The molecule has 5 rings (SSSR count). The number of halogens is 1. The molecule has 2 heterocycles. The number of allylic oxidation sites excluding steroid dienone is 1. The van der Waals surface area contributed by atoms with Crippen LogP contribution in [0.3, 0.4) is 0 Å². The lowest BCUT2D eigenvalue weighted by Crippen LogP contribution is -2.55. The van der Waals surface area contributed by atoms with Crippen molar-refractivity contribution in [1.29, 1.82) is 0 Å². The van der Waals surface area contributed by atoms with Gasteiger partial charge in [-0.2, -0.15) is 0 Å². The van der Waals surface area contributed by atoms with Crippen LogP contribution in [0.5, 0.6) is 0 Å². The highest BCUT2D eigenvalue weighted by atomic mass is 35.5. The van der Waals surface area contributed by atoms with E-state index in [0.717, 1.165) is 50.5 Å². The van der Waals surface area contributed by atoms with Gasteiger partial charge in [0.2, 0.25) is 0 Å². The second kappa shape index (κ2) is 8.34. The Labute approximate surface area is 196 Å². The molecule has 0 radical (unpaired) electrons. The minimum absolute atomic E-state index is 0.113. The number of anilines is 1. The summed E-state index contributed by atoms with van der Waals surface area (Å²) in [6, 6.07) is 6.04. The van der Waals surface area contributed by atoms with Crippen molar-refractivity contribution in [1.82, 2.24) is 4.90 Å². The smallest absolute Gasteiger partial charge is 0.311 e. The zero-order valence-corrected chi connectivity index (χ0v) is 20.1. The van der Waals surface area contributed by atoms with Gasteiger partial charge in [0.05, 0.1) is 12.0 Å². The maximum absolute atomic E-state index is 12.9. The van der Waals surface area contributed by atoms with Gasteiger partial charge in [-0.05, 0) is 43.4 Å². The minimum Gasteiger partial charge on any atom is -0.461 e. The van der Waals surface area contributed by atoms with Gasteiger partial charge in [-0.1, -0.05) is 43.2 Å². The number of carbonyl (C=O) groups is 1. The molecule has 1 saturated carbocycles. The third-order valence-electron chi connectivity index (χ3n) is 8.91. The van der Waals surface area contributed by atoms with Gasteiger partial charge in [-0.25, -0.2) is 0 Å². The third kappa shape index (κ3) is 3.57. The molecule has 2 aliphatic carbocycles. The van der Waals surface area contributed by atoms with Gasteiger partial charge in [0.25, 0.3) is 0 Å². The predicted molar refractivity (Wildman–Crippen MR) is 127 cm³/mol. The second-order valence-corrected chi connectivity index (χ2v) is 11.0. The Kier molecular flexibility index (Phi) is 5.80. The number of aliphatic hydroxyl groups excluding tert-OH is 1. The van der Waals surface area contributed by atoms with E-state index in [1.165, 1.54) is 16.8 Å². The number of aryl methyl sites for hydroxylation is 1. The summed E-state index contributed by atoms with van der Waals surface area (Å²) >= 11 is 6.23. The second-order valence-electron chi connectivity index (χ2n) is 10.5. The zero-order valence-electron chi connectivity index (χ0n) is 19.4. The Balaban J connectivity index is 1.28. The molecule has 2 aliphatic heterocycles. The lowest BCUT2D eigenvalue weighted by atomic mass is 9.55. The predicted octanol–water partition coefficient (Wildman–Crippen LogP) is 4.06. The van der Waals surface area contributed by atoms with E-state index < -0.39 is 6.10 Å². The molecule has 0 spiro atoms. The van der Waals surface area contributed by atoms with E-state index in [-0.39, 0.29) is 29.3 Å². The summed E-state index contributed by atoms with van der Waals surface area (Å²) < 4.78 is 5.85. The minimum atomic E-state index is -0.533. The normalized spacial score (nSPS) is 37.5. The van der Waals surface area contributed by atoms with Gasteiger partial charge in [0.1, 0.15) is 6.10 Å². The molecule has 4 aliphatic rings. The van der Waals surface area contributed by atoms with Crippen molar-refractivity contribution in [3.63, 3.8) is 0 Å².